The first-order chi connectivity index (χ1) is 14.8. The van der Waals surface area contributed by atoms with Crippen LogP contribution in [-0.2, 0) is 13.7 Å². The number of ether oxygens (including phenoxy) is 1. The second kappa shape index (κ2) is 8.64. The Labute approximate surface area is 185 Å². The summed E-state index contributed by atoms with van der Waals surface area (Å²) < 4.78 is 7.52. The highest BCUT2D eigenvalue weighted by Crippen LogP contribution is 2.39. The van der Waals surface area contributed by atoms with E-state index in [0.29, 0.717) is 27.9 Å². The largest absolute Gasteiger partial charge is 0.469 e. The van der Waals surface area contributed by atoms with E-state index in [0.717, 1.165) is 18.4 Å². The molecule has 0 spiro atoms. The number of nitrogens with zero attached hydrogens (tertiary/aromatic N) is 4. The van der Waals surface area contributed by atoms with Gasteiger partial charge in [0.05, 0.1) is 11.2 Å². The minimum atomic E-state index is -0.902. The van der Waals surface area contributed by atoms with Crippen molar-refractivity contribution in [3.05, 3.63) is 59.3 Å². The fourth-order valence-corrected chi connectivity index (χ4v) is 3.45. The molecule has 1 aliphatic carbocycles. The van der Waals surface area contributed by atoms with E-state index in [1.165, 1.54) is 12.5 Å². The lowest BCUT2D eigenvalue weighted by molar-refractivity contribution is 0.0354. The van der Waals surface area contributed by atoms with Crippen molar-refractivity contribution >= 4 is 17.5 Å². The highest BCUT2D eigenvalue weighted by Gasteiger charge is 2.40. The first kappa shape index (κ1) is 21.3. The van der Waals surface area contributed by atoms with Gasteiger partial charge < -0.3 is 15.2 Å². The topological polar surface area (TPSA) is 102 Å². The predicted octanol–water partition coefficient (Wildman–Crippen LogP) is 3.00. The van der Waals surface area contributed by atoms with Gasteiger partial charge in [0, 0.05) is 30.4 Å². The average Bonchev–Trinajstić information content (AvgIpc) is 3.55. The van der Waals surface area contributed by atoms with Gasteiger partial charge >= 0.3 is 0 Å². The molecule has 31 heavy (non-hydrogen) atoms. The summed E-state index contributed by atoms with van der Waals surface area (Å²) in [6, 6.07) is 8.94. The minimum Gasteiger partial charge on any atom is -0.469 e. The number of hydrogen-bond acceptors (Lipinski definition) is 6. The summed E-state index contributed by atoms with van der Waals surface area (Å²) in [6.45, 7) is 2.13. The summed E-state index contributed by atoms with van der Waals surface area (Å²) >= 11 is 6.03. The molecule has 1 aromatic carbocycles. The molecule has 0 aliphatic heterocycles. The Kier molecular flexibility index (Phi) is 5.93. The van der Waals surface area contributed by atoms with Crippen molar-refractivity contribution < 1.29 is 14.6 Å². The second-order valence-corrected chi connectivity index (χ2v) is 8.42. The predicted molar refractivity (Wildman–Crippen MR) is 116 cm³/mol. The number of aryl methyl sites for hydroxylation is 1. The number of aliphatic hydroxyl groups is 1. The molecule has 1 fully saturated rings. The van der Waals surface area contributed by atoms with Crippen LogP contribution in [0.3, 0.4) is 0 Å². The van der Waals surface area contributed by atoms with Gasteiger partial charge in [0.25, 0.3) is 5.91 Å². The van der Waals surface area contributed by atoms with E-state index in [9.17, 15) is 9.90 Å². The number of nitrogens with one attached hydrogen (secondary N) is 1. The lowest BCUT2D eigenvalue weighted by Crippen LogP contribution is -2.42. The van der Waals surface area contributed by atoms with Crippen LogP contribution in [0.25, 0.3) is 11.1 Å². The zero-order valence-corrected chi connectivity index (χ0v) is 18.1. The third-order valence-electron chi connectivity index (χ3n) is 5.48. The zero-order chi connectivity index (χ0) is 22.0. The lowest BCUT2D eigenvalue weighted by Gasteiger charge is -2.23. The van der Waals surface area contributed by atoms with E-state index in [4.69, 9.17) is 16.3 Å². The number of rotatable bonds is 8. The molecule has 0 radical (unpaired) electrons. The second-order valence-electron chi connectivity index (χ2n) is 7.99. The number of carbonyl (C=O) groups excluding carboxylic acids is 1. The molecule has 2 heterocycles. The van der Waals surface area contributed by atoms with Crippen molar-refractivity contribution in [1.82, 2.24) is 25.1 Å². The molecule has 1 amide bonds. The summed E-state index contributed by atoms with van der Waals surface area (Å²) in [6.07, 6.45) is 4.90. The number of carbonyl (C=O) groups is 1. The summed E-state index contributed by atoms with van der Waals surface area (Å²) in [5.41, 5.74) is 0.939. The van der Waals surface area contributed by atoms with Crippen molar-refractivity contribution in [2.45, 2.75) is 32.0 Å². The van der Waals surface area contributed by atoms with Gasteiger partial charge in [0.1, 0.15) is 12.9 Å². The lowest BCUT2D eigenvalue weighted by atomic mass is 10.0. The molecule has 0 bridgehead atoms. The SMILES string of the molecule is Cn1ncnc1COc1ncc(C(=O)NC[C@@](C)(O)C2CC2)cc1-c1ccc(Cl)cc1. The van der Waals surface area contributed by atoms with Crippen LogP contribution >= 0.6 is 11.6 Å². The van der Waals surface area contributed by atoms with Crippen molar-refractivity contribution in [3.8, 4) is 17.0 Å². The van der Waals surface area contributed by atoms with Crippen LogP contribution in [0.1, 0.15) is 35.9 Å². The number of hydrogen-bond donors (Lipinski definition) is 2. The normalized spacial score (nSPS) is 15.4. The van der Waals surface area contributed by atoms with E-state index in [1.807, 2.05) is 12.1 Å². The highest BCUT2D eigenvalue weighted by molar-refractivity contribution is 6.30. The van der Waals surface area contributed by atoms with Crippen LogP contribution in [-0.4, -0.2) is 42.9 Å². The molecule has 0 saturated heterocycles. The molecule has 1 saturated carbocycles. The quantitative estimate of drug-likeness (QED) is 0.557. The molecular formula is C22H24ClN5O3. The maximum absolute atomic E-state index is 12.7. The summed E-state index contributed by atoms with van der Waals surface area (Å²) in [5.74, 6) is 0.954. The minimum absolute atomic E-state index is 0.180. The Bertz CT molecular complexity index is 1080. The molecular weight excluding hydrogens is 418 g/mol. The summed E-state index contributed by atoms with van der Waals surface area (Å²) in [5, 5.41) is 17.9. The fourth-order valence-electron chi connectivity index (χ4n) is 3.32. The Balaban J connectivity index is 1.57. The number of aromatic nitrogens is 4. The number of benzene rings is 1. The average molecular weight is 442 g/mol. The highest BCUT2D eigenvalue weighted by atomic mass is 35.5. The van der Waals surface area contributed by atoms with Gasteiger partial charge in [0.15, 0.2) is 5.82 Å². The molecule has 0 unspecified atom stereocenters. The molecule has 1 atom stereocenters. The van der Waals surface area contributed by atoms with E-state index >= 15 is 0 Å². The van der Waals surface area contributed by atoms with Crippen LogP contribution in [0.15, 0.2) is 42.9 Å². The molecule has 3 aromatic rings. The first-order valence-electron chi connectivity index (χ1n) is 10.1. The monoisotopic (exact) mass is 441 g/mol. The van der Waals surface area contributed by atoms with Gasteiger partial charge in [-0.15, -0.1) is 0 Å². The van der Waals surface area contributed by atoms with Crippen LogP contribution in [0.5, 0.6) is 5.88 Å². The standard InChI is InChI=1S/C22H24ClN5O3/c1-22(30,16-5-6-16)12-25-20(29)15-9-18(14-3-7-17(23)8-4-14)21(24-10-15)31-11-19-26-13-27-28(19)2/h3-4,7-10,13,16,30H,5-6,11-12H2,1-2H3,(H,25,29)/t22-/m1/s1. The Hall–Kier alpha value is -2.97. The van der Waals surface area contributed by atoms with Gasteiger partial charge in [-0.1, -0.05) is 23.7 Å². The Morgan fingerprint density at radius 1 is 1.32 bits per heavy atom. The third kappa shape index (κ3) is 5.03. The third-order valence-corrected chi connectivity index (χ3v) is 5.73. The first-order valence-corrected chi connectivity index (χ1v) is 10.4. The van der Waals surface area contributed by atoms with Gasteiger partial charge in [-0.25, -0.2) is 9.97 Å². The maximum atomic E-state index is 12.7. The summed E-state index contributed by atoms with van der Waals surface area (Å²) in [7, 11) is 1.78. The van der Waals surface area contributed by atoms with Gasteiger partial charge in [0.2, 0.25) is 5.88 Å². The molecule has 162 valence electrons. The van der Waals surface area contributed by atoms with Crippen LogP contribution < -0.4 is 10.1 Å². The zero-order valence-electron chi connectivity index (χ0n) is 17.4. The fraction of sp³-hybridized carbons (Fsp3) is 0.364. The Morgan fingerprint density at radius 3 is 2.71 bits per heavy atom. The summed E-state index contributed by atoms with van der Waals surface area (Å²) in [4.78, 5) is 21.3. The number of amides is 1. The van der Waals surface area contributed by atoms with Crippen LogP contribution in [0, 0.1) is 5.92 Å². The van der Waals surface area contributed by atoms with E-state index in [1.54, 1.807) is 36.9 Å². The van der Waals surface area contributed by atoms with E-state index in [2.05, 4.69) is 20.4 Å². The maximum Gasteiger partial charge on any atom is 0.252 e. The van der Waals surface area contributed by atoms with Crippen molar-refractivity contribution in [3.63, 3.8) is 0 Å². The number of halogens is 1. The van der Waals surface area contributed by atoms with E-state index in [-0.39, 0.29) is 25.0 Å². The molecule has 8 nitrogen and oxygen atoms in total. The van der Waals surface area contributed by atoms with E-state index < -0.39 is 5.60 Å². The molecule has 4 rings (SSSR count). The molecule has 1 aliphatic rings. The van der Waals surface area contributed by atoms with Crippen molar-refractivity contribution in [2.75, 3.05) is 6.54 Å². The number of pyridine rings is 1. The Morgan fingerprint density at radius 2 is 2.06 bits per heavy atom. The van der Waals surface area contributed by atoms with Crippen LogP contribution in [0.4, 0.5) is 0 Å². The molecule has 2 aromatic heterocycles. The van der Waals surface area contributed by atoms with Gasteiger partial charge in [-0.2, -0.15) is 5.10 Å². The van der Waals surface area contributed by atoms with Crippen molar-refractivity contribution in [2.24, 2.45) is 13.0 Å². The van der Waals surface area contributed by atoms with Gasteiger partial charge in [-0.3, -0.25) is 9.48 Å². The molecule has 2 N–H and O–H groups in total. The smallest absolute Gasteiger partial charge is 0.252 e. The van der Waals surface area contributed by atoms with Crippen molar-refractivity contribution in [1.29, 1.82) is 0 Å². The molecule has 9 heteroatoms. The van der Waals surface area contributed by atoms with Crippen LogP contribution in [0.2, 0.25) is 5.02 Å². The van der Waals surface area contributed by atoms with Gasteiger partial charge in [-0.05, 0) is 49.4 Å².